The van der Waals surface area contributed by atoms with Crippen molar-refractivity contribution in [2.75, 3.05) is 9.80 Å². The molecule has 0 saturated heterocycles. The largest absolute Gasteiger partial charge is 0.310 e. The van der Waals surface area contributed by atoms with Gasteiger partial charge in [-0.3, -0.25) is 0 Å². The fourth-order valence-electron chi connectivity index (χ4n) is 10.8. The third-order valence-electron chi connectivity index (χ3n) is 13.7. The highest BCUT2D eigenvalue weighted by Gasteiger charge is 2.48. The highest BCUT2D eigenvalue weighted by molar-refractivity contribution is 6.20. The van der Waals surface area contributed by atoms with E-state index in [1.165, 1.54) is 82.5 Å². The van der Waals surface area contributed by atoms with E-state index in [2.05, 4.69) is 266 Å². The number of para-hydroxylation sites is 4. The quantitative estimate of drug-likeness (QED) is 0.141. The number of nitrogens with zero attached hydrogens (tertiary/aromatic N) is 2. The molecule has 0 aromatic heterocycles. The van der Waals surface area contributed by atoms with E-state index in [9.17, 15) is 0 Å². The van der Waals surface area contributed by atoms with Gasteiger partial charge in [0, 0.05) is 34.1 Å². The zero-order chi connectivity index (χ0) is 43.5. The van der Waals surface area contributed by atoms with E-state index < -0.39 is 5.41 Å². The van der Waals surface area contributed by atoms with Crippen LogP contribution in [0.25, 0.3) is 43.4 Å². The van der Waals surface area contributed by atoms with Gasteiger partial charge in [0.25, 0.3) is 0 Å². The summed E-state index contributed by atoms with van der Waals surface area (Å²) in [6.07, 6.45) is 0. The summed E-state index contributed by atoms with van der Waals surface area (Å²) in [5.41, 5.74) is 16.3. The first-order valence-electron chi connectivity index (χ1n) is 22.6. The SMILES string of the molecule is Cc1ccccc1N(c1ccccc1)c1ccc2cc3c(cc2c1)C(c1ccccc1)(c1ccccc1)c1c-3c2ccccc2c2cc(N(c3ccccc3)c3ccccc3C)ccc12. The Balaban J connectivity index is 1.18. The Hall–Kier alpha value is -8.20. The predicted molar refractivity (Wildman–Crippen MR) is 275 cm³/mol. The summed E-state index contributed by atoms with van der Waals surface area (Å²) in [5, 5.41) is 7.41. The van der Waals surface area contributed by atoms with E-state index >= 15 is 0 Å². The molecule has 0 fully saturated rings. The fourth-order valence-corrected chi connectivity index (χ4v) is 10.8. The molecule has 0 saturated carbocycles. The third-order valence-corrected chi connectivity index (χ3v) is 13.7. The lowest BCUT2D eigenvalue weighted by molar-refractivity contribution is 0.777. The summed E-state index contributed by atoms with van der Waals surface area (Å²) < 4.78 is 0. The lowest BCUT2D eigenvalue weighted by Gasteiger charge is -2.35. The van der Waals surface area contributed by atoms with Gasteiger partial charge in [-0.1, -0.05) is 170 Å². The smallest absolute Gasteiger partial charge is 0.0720 e. The minimum Gasteiger partial charge on any atom is -0.310 e. The summed E-state index contributed by atoms with van der Waals surface area (Å²) >= 11 is 0. The van der Waals surface area contributed by atoms with Crippen LogP contribution >= 0.6 is 0 Å². The molecule has 0 unspecified atom stereocenters. The Morgan fingerprint density at radius 3 is 1.37 bits per heavy atom. The van der Waals surface area contributed by atoms with Crippen molar-refractivity contribution in [2.24, 2.45) is 0 Å². The van der Waals surface area contributed by atoms with Gasteiger partial charge in [-0.05, 0) is 163 Å². The van der Waals surface area contributed by atoms with Gasteiger partial charge in [0.2, 0.25) is 0 Å². The van der Waals surface area contributed by atoms with Crippen LogP contribution in [0.1, 0.15) is 33.4 Å². The Kier molecular flexibility index (Phi) is 9.21. The Morgan fingerprint density at radius 2 is 0.800 bits per heavy atom. The van der Waals surface area contributed by atoms with E-state index in [4.69, 9.17) is 0 Å². The maximum absolute atomic E-state index is 2.51. The number of rotatable bonds is 8. The van der Waals surface area contributed by atoms with Crippen LogP contribution in [0.4, 0.5) is 34.1 Å². The first kappa shape index (κ1) is 38.5. The third kappa shape index (κ3) is 6.09. The van der Waals surface area contributed by atoms with Crippen molar-refractivity contribution < 1.29 is 0 Å². The highest BCUT2D eigenvalue weighted by Crippen LogP contribution is 2.61. The normalized spacial score (nSPS) is 12.6. The van der Waals surface area contributed by atoms with Crippen molar-refractivity contribution in [3.8, 4) is 11.1 Å². The van der Waals surface area contributed by atoms with Gasteiger partial charge < -0.3 is 9.80 Å². The molecule has 0 aliphatic heterocycles. The van der Waals surface area contributed by atoms with Crippen LogP contribution in [0.5, 0.6) is 0 Å². The van der Waals surface area contributed by atoms with Crippen LogP contribution in [0.15, 0.2) is 243 Å². The second-order valence-electron chi connectivity index (χ2n) is 17.4. The molecule has 12 rings (SSSR count). The van der Waals surface area contributed by atoms with Gasteiger partial charge in [0.1, 0.15) is 0 Å². The van der Waals surface area contributed by atoms with Gasteiger partial charge in [0.15, 0.2) is 0 Å². The van der Waals surface area contributed by atoms with Gasteiger partial charge in [0.05, 0.1) is 5.41 Å². The molecule has 0 heterocycles. The summed E-state index contributed by atoms with van der Waals surface area (Å²) in [6.45, 7) is 4.40. The molecule has 308 valence electrons. The lowest BCUT2D eigenvalue weighted by Crippen LogP contribution is -2.29. The molecule has 0 N–H and O–H groups in total. The first-order chi connectivity index (χ1) is 32.1. The molecule has 65 heavy (non-hydrogen) atoms. The van der Waals surface area contributed by atoms with Gasteiger partial charge >= 0.3 is 0 Å². The number of hydrogen-bond acceptors (Lipinski definition) is 2. The van der Waals surface area contributed by atoms with Crippen LogP contribution in [0.3, 0.4) is 0 Å². The van der Waals surface area contributed by atoms with Gasteiger partial charge in [-0.15, -0.1) is 0 Å². The fraction of sp³-hybridized carbons (Fsp3) is 0.0476. The number of aryl methyl sites for hydroxylation is 2. The molecular weight excluding hydrogens is 785 g/mol. The molecule has 2 nitrogen and oxygen atoms in total. The van der Waals surface area contributed by atoms with Crippen molar-refractivity contribution in [2.45, 2.75) is 19.3 Å². The summed E-state index contributed by atoms with van der Waals surface area (Å²) in [5.74, 6) is 0. The Bertz CT molecular complexity index is 3520. The minimum absolute atomic E-state index is 0.633. The van der Waals surface area contributed by atoms with Crippen LogP contribution in [0, 0.1) is 13.8 Å². The average Bonchev–Trinajstić information content (AvgIpc) is 3.66. The molecule has 0 spiro atoms. The molecule has 1 aliphatic carbocycles. The molecule has 11 aromatic rings. The Labute approximate surface area is 380 Å². The van der Waals surface area contributed by atoms with Crippen molar-refractivity contribution in [3.05, 3.63) is 276 Å². The molecule has 0 atom stereocenters. The summed E-state index contributed by atoms with van der Waals surface area (Å²) in [7, 11) is 0. The monoisotopic (exact) mass is 830 g/mol. The predicted octanol–water partition coefficient (Wildman–Crippen LogP) is 17.1. The van der Waals surface area contributed by atoms with Crippen molar-refractivity contribution in [1.29, 1.82) is 0 Å². The number of anilines is 6. The van der Waals surface area contributed by atoms with Crippen molar-refractivity contribution >= 4 is 66.4 Å². The van der Waals surface area contributed by atoms with E-state index in [1.807, 2.05) is 0 Å². The first-order valence-corrected chi connectivity index (χ1v) is 22.6. The zero-order valence-corrected chi connectivity index (χ0v) is 36.5. The molecule has 2 heteroatoms. The Morgan fingerprint density at radius 1 is 0.323 bits per heavy atom. The molecular formula is C63H46N2. The van der Waals surface area contributed by atoms with E-state index in [1.54, 1.807) is 0 Å². The van der Waals surface area contributed by atoms with Crippen LogP contribution in [0.2, 0.25) is 0 Å². The molecule has 0 bridgehead atoms. The van der Waals surface area contributed by atoms with Crippen LogP contribution < -0.4 is 9.80 Å². The number of benzene rings is 11. The topological polar surface area (TPSA) is 6.48 Å². The molecule has 11 aromatic carbocycles. The van der Waals surface area contributed by atoms with Crippen molar-refractivity contribution in [1.82, 2.24) is 0 Å². The molecule has 0 radical (unpaired) electrons. The van der Waals surface area contributed by atoms with Crippen LogP contribution in [-0.2, 0) is 5.41 Å². The van der Waals surface area contributed by atoms with Crippen molar-refractivity contribution in [3.63, 3.8) is 0 Å². The number of hydrogen-bond donors (Lipinski definition) is 0. The summed E-state index contributed by atoms with van der Waals surface area (Å²) in [6, 6.07) is 89.6. The second-order valence-corrected chi connectivity index (χ2v) is 17.4. The standard InChI is InChI=1S/C63H46N2/c1-43-21-15-19-33-59(43)64(49-27-11-5-12-28-49)51-36-35-45-40-57-58(41-46(45)39-51)63(47-23-7-3-8-24-47,48-25-9-4-10-26-48)62-55-38-37-52(42-56(55)53-31-17-18-32-54(53)61(57)62)65(50-29-13-6-14-30-50)60-34-20-16-22-44(60)2/h3-42H,1-2H3. The van der Waals surface area contributed by atoms with E-state index in [0.29, 0.717) is 0 Å². The van der Waals surface area contributed by atoms with Gasteiger partial charge in [-0.2, -0.15) is 0 Å². The molecule has 1 aliphatic rings. The summed E-state index contributed by atoms with van der Waals surface area (Å²) in [4.78, 5) is 4.81. The minimum atomic E-state index is -0.633. The zero-order valence-electron chi connectivity index (χ0n) is 36.5. The number of fused-ring (bicyclic) bond motifs is 9. The maximum Gasteiger partial charge on any atom is 0.0720 e. The van der Waals surface area contributed by atoms with Gasteiger partial charge in [-0.25, -0.2) is 0 Å². The molecule has 0 amide bonds. The average molecular weight is 831 g/mol. The second kappa shape index (κ2) is 15.6. The maximum atomic E-state index is 2.51. The van der Waals surface area contributed by atoms with E-state index in [-0.39, 0.29) is 0 Å². The lowest BCUT2D eigenvalue weighted by atomic mass is 9.66. The van der Waals surface area contributed by atoms with E-state index in [0.717, 1.165) is 28.4 Å². The van der Waals surface area contributed by atoms with Crippen LogP contribution in [-0.4, -0.2) is 0 Å². The highest BCUT2D eigenvalue weighted by atomic mass is 15.1.